The van der Waals surface area contributed by atoms with E-state index in [2.05, 4.69) is 5.16 Å². The summed E-state index contributed by atoms with van der Waals surface area (Å²) in [6.45, 7) is 1.96. The largest absolute Gasteiger partial charge is 0.387 e. The van der Waals surface area contributed by atoms with Crippen molar-refractivity contribution in [3.8, 4) is 0 Å². The highest BCUT2D eigenvalue weighted by Crippen LogP contribution is 2.27. The molecule has 58 valence electrons. The highest BCUT2D eigenvalue weighted by molar-refractivity contribution is 8.13. The van der Waals surface area contributed by atoms with Gasteiger partial charge < -0.3 is 4.84 Å². The minimum absolute atomic E-state index is 0.250. The van der Waals surface area contributed by atoms with Crippen LogP contribution in [0.25, 0.3) is 0 Å². The second-order valence-corrected chi connectivity index (χ2v) is 3.69. The number of nitrogens with zero attached hydrogens (tertiary/aromatic N) is 1. The lowest BCUT2D eigenvalue weighted by Gasteiger charge is -2.16. The predicted molar refractivity (Wildman–Crippen MR) is 45.8 cm³/mol. The van der Waals surface area contributed by atoms with E-state index in [1.54, 1.807) is 11.8 Å². The lowest BCUT2D eigenvalue weighted by molar-refractivity contribution is 0.0152. The molecule has 0 spiro atoms. The van der Waals surface area contributed by atoms with E-state index < -0.39 is 0 Å². The first kappa shape index (κ1) is 8.21. The molecule has 0 aromatic heterocycles. The van der Waals surface area contributed by atoms with Crippen LogP contribution in [0.5, 0.6) is 0 Å². The van der Waals surface area contributed by atoms with E-state index in [4.69, 9.17) is 16.4 Å². The molecule has 1 atom stereocenters. The highest BCUT2D eigenvalue weighted by atomic mass is 35.5. The lowest BCUT2D eigenvalue weighted by atomic mass is 10.1. The maximum Gasteiger partial charge on any atom is 0.154 e. The summed E-state index contributed by atoms with van der Waals surface area (Å²) in [6.07, 6.45) is 2.83. The molecule has 1 aliphatic rings. The first-order valence-corrected chi connectivity index (χ1v) is 4.81. The maximum atomic E-state index is 5.66. The molecule has 0 saturated heterocycles. The zero-order chi connectivity index (χ0) is 7.61. The molecule has 0 N–H and O–H groups in total. The van der Waals surface area contributed by atoms with Crippen LogP contribution < -0.4 is 0 Å². The topological polar surface area (TPSA) is 21.6 Å². The quantitative estimate of drug-likeness (QED) is 0.575. The molecule has 0 fully saturated rings. The zero-order valence-electron chi connectivity index (χ0n) is 6.06. The second kappa shape index (κ2) is 3.01. The van der Waals surface area contributed by atoms with Gasteiger partial charge in [-0.1, -0.05) is 5.16 Å². The van der Waals surface area contributed by atoms with Crippen molar-refractivity contribution in [1.29, 1.82) is 0 Å². The molecular weight excluding hydrogens is 170 g/mol. The monoisotopic (exact) mass is 179 g/mol. The number of alkyl halides is 1. The van der Waals surface area contributed by atoms with Crippen LogP contribution >= 0.6 is 23.4 Å². The number of thioether (sulfide) groups is 1. The van der Waals surface area contributed by atoms with Gasteiger partial charge in [0.1, 0.15) is 5.04 Å². The Hall–Kier alpha value is 0.110. The summed E-state index contributed by atoms with van der Waals surface area (Å²) in [4.78, 5) is 5.13. The molecule has 0 radical (unpaired) electrons. The zero-order valence-corrected chi connectivity index (χ0v) is 7.63. The summed E-state index contributed by atoms with van der Waals surface area (Å²) in [6, 6.07) is 0. The van der Waals surface area contributed by atoms with Crippen LogP contribution in [0, 0.1) is 0 Å². The van der Waals surface area contributed by atoms with E-state index in [0.29, 0.717) is 5.88 Å². The summed E-state index contributed by atoms with van der Waals surface area (Å²) in [5.41, 5.74) is -0.250. The fourth-order valence-electron chi connectivity index (χ4n) is 0.727. The van der Waals surface area contributed by atoms with Gasteiger partial charge in [-0.25, -0.2) is 0 Å². The van der Waals surface area contributed by atoms with Gasteiger partial charge in [0.2, 0.25) is 0 Å². The average Bonchev–Trinajstić information content (AvgIpc) is 2.33. The van der Waals surface area contributed by atoms with Crippen LogP contribution in [0.4, 0.5) is 0 Å². The van der Waals surface area contributed by atoms with Crippen LogP contribution in [0.1, 0.15) is 13.3 Å². The van der Waals surface area contributed by atoms with Crippen LogP contribution in [-0.4, -0.2) is 22.8 Å². The summed E-state index contributed by atoms with van der Waals surface area (Å²) >= 11 is 7.28. The molecular formula is C6H10ClNOS. The lowest BCUT2D eigenvalue weighted by Crippen LogP contribution is -2.25. The Labute approximate surface area is 69.9 Å². The van der Waals surface area contributed by atoms with E-state index in [1.165, 1.54) is 0 Å². The highest BCUT2D eigenvalue weighted by Gasteiger charge is 2.32. The Kier molecular flexibility index (Phi) is 2.47. The van der Waals surface area contributed by atoms with Gasteiger partial charge in [0.15, 0.2) is 5.60 Å². The van der Waals surface area contributed by atoms with Crippen molar-refractivity contribution in [3.63, 3.8) is 0 Å². The van der Waals surface area contributed by atoms with E-state index in [-0.39, 0.29) is 5.60 Å². The van der Waals surface area contributed by atoms with E-state index in [1.807, 2.05) is 13.2 Å². The molecule has 0 bridgehead atoms. The smallest absolute Gasteiger partial charge is 0.154 e. The minimum atomic E-state index is -0.250. The molecule has 0 aromatic carbocycles. The SMILES string of the molecule is CSC1=NOC(C)(CCl)C1. The van der Waals surface area contributed by atoms with Gasteiger partial charge in [0.25, 0.3) is 0 Å². The van der Waals surface area contributed by atoms with Crippen molar-refractivity contribution in [2.75, 3.05) is 12.1 Å². The van der Waals surface area contributed by atoms with Crippen molar-refractivity contribution >= 4 is 28.4 Å². The summed E-state index contributed by atoms with van der Waals surface area (Å²) in [5.74, 6) is 0.501. The molecule has 1 unspecified atom stereocenters. The molecule has 4 heteroatoms. The molecule has 0 aromatic rings. The van der Waals surface area contributed by atoms with Gasteiger partial charge in [-0.15, -0.1) is 23.4 Å². The molecule has 1 heterocycles. The normalized spacial score (nSPS) is 31.7. The Morgan fingerprint density at radius 1 is 1.90 bits per heavy atom. The standard InChI is InChI=1S/C6H10ClNOS/c1-6(4-7)3-5(10-2)8-9-6/h3-4H2,1-2H3. The third kappa shape index (κ3) is 1.58. The summed E-state index contributed by atoms with van der Waals surface area (Å²) < 4.78 is 0. The molecule has 1 aliphatic heterocycles. The molecule has 0 saturated carbocycles. The van der Waals surface area contributed by atoms with Crippen molar-refractivity contribution < 1.29 is 4.84 Å². The van der Waals surface area contributed by atoms with Crippen molar-refractivity contribution in [2.45, 2.75) is 18.9 Å². The van der Waals surface area contributed by atoms with Crippen LogP contribution in [0.3, 0.4) is 0 Å². The summed E-state index contributed by atoms with van der Waals surface area (Å²) in [7, 11) is 0. The fraction of sp³-hybridized carbons (Fsp3) is 0.833. The van der Waals surface area contributed by atoms with Gasteiger partial charge in [0.05, 0.1) is 5.88 Å². The summed E-state index contributed by atoms with van der Waals surface area (Å²) in [5, 5.41) is 4.90. The van der Waals surface area contributed by atoms with Gasteiger partial charge in [-0.3, -0.25) is 0 Å². The van der Waals surface area contributed by atoms with Crippen molar-refractivity contribution in [2.24, 2.45) is 5.16 Å². The van der Waals surface area contributed by atoms with Crippen LogP contribution in [-0.2, 0) is 4.84 Å². The Balaban J connectivity index is 2.49. The third-order valence-electron chi connectivity index (χ3n) is 1.41. The van der Waals surface area contributed by atoms with E-state index >= 15 is 0 Å². The Morgan fingerprint density at radius 3 is 2.90 bits per heavy atom. The molecule has 1 rings (SSSR count). The Bertz CT molecular complexity index is 162. The number of hydrogen-bond donors (Lipinski definition) is 0. The van der Waals surface area contributed by atoms with E-state index in [0.717, 1.165) is 11.5 Å². The van der Waals surface area contributed by atoms with Gasteiger partial charge >= 0.3 is 0 Å². The molecule has 2 nitrogen and oxygen atoms in total. The Morgan fingerprint density at radius 2 is 2.60 bits per heavy atom. The molecule has 0 amide bonds. The number of hydrogen-bond acceptors (Lipinski definition) is 3. The molecule has 10 heavy (non-hydrogen) atoms. The third-order valence-corrected chi connectivity index (χ3v) is 2.67. The minimum Gasteiger partial charge on any atom is -0.387 e. The first-order valence-electron chi connectivity index (χ1n) is 3.05. The number of halogens is 1. The van der Waals surface area contributed by atoms with E-state index in [9.17, 15) is 0 Å². The van der Waals surface area contributed by atoms with Gasteiger partial charge in [0, 0.05) is 6.42 Å². The van der Waals surface area contributed by atoms with Crippen molar-refractivity contribution in [1.82, 2.24) is 0 Å². The molecule has 0 aliphatic carbocycles. The first-order chi connectivity index (χ1) is 4.70. The fourth-order valence-corrected chi connectivity index (χ4v) is 1.43. The average molecular weight is 180 g/mol. The van der Waals surface area contributed by atoms with Crippen molar-refractivity contribution in [3.05, 3.63) is 0 Å². The van der Waals surface area contributed by atoms with Gasteiger partial charge in [-0.05, 0) is 13.2 Å². The second-order valence-electron chi connectivity index (χ2n) is 2.54. The van der Waals surface area contributed by atoms with Crippen LogP contribution in [0.15, 0.2) is 5.16 Å². The number of rotatable bonds is 1. The van der Waals surface area contributed by atoms with Gasteiger partial charge in [-0.2, -0.15) is 0 Å². The predicted octanol–water partition coefficient (Wildman–Crippen LogP) is 2.08. The van der Waals surface area contributed by atoms with Crippen LogP contribution in [0.2, 0.25) is 0 Å². The maximum absolute atomic E-state index is 5.66. The number of oxime groups is 1.